The van der Waals surface area contributed by atoms with Crippen LogP contribution in [-0.4, -0.2) is 46.5 Å². The van der Waals surface area contributed by atoms with E-state index in [0.717, 1.165) is 11.3 Å². The molecule has 19 heavy (non-hydrogen) atoms. The number of nitrogens with zero attached hydrogens (tertiary/aromatic N) is 2. The number of carbonyl (C=O) groups is 2. The van der Waals surface area contributed by atoms with Gasteiger partial charge in [-0.1, -0.05) is 0 Å². The molecular weight excluding hydrogens is 248 g/mol. The number of aryl methyl sites for hydroxylation is 1. The molecule has 2 amide bonds. The summed E-state index contributed by atoms with van der Waals surface area (Å²) in [5, 5.41) is 9.12. The standard InChI is InChI=1S/C13H20N2O4/c1-9-10(6-7-19-9)8-14(4)12(18)15(5)13(2,3)11(16)17/h6-7H,8H2,1-5H3,(H,16,17). The molecule has 0 spiro atoms. The summed E-state index contributed by atoms with van der Waals surface area (Å²) in [6.45, 7) is 5.17. The van der Waals surface area contributed by atoms with Gasteiger partial charge in [0, 0.05) is 19.7 Å². The van der Waals surface area contributed by atoms with Crippen molar-refractivity contribution in [3.05, 3.63) is 23.7 Å². The van der Waals surface area contributed by atoms with Gasteiger partial charge in [0.1, 0.15) is 11.3 Å². The van der Waals surface area contributed by atoms with Gasteiger partial charge in [-0.2, -0.15) is 0 Å². The zero-order valence-electron chi connectivity index (χ0n) is 11.9. The summed E-state index contributed by atoms with van der Waals surface area (Å²) in [6, 6.07) is 1.44. The smallest absolute Gasteiger partial charge is 0.329 e. The Morgan fingerprint density at radius 3 is 2.37 bits per heavy atom. The van der Waals surface area contributed by atoms with Gasteiger partial charge < -0.3 is 19.3 Å². The molecule has 0 radical (unpaired) electrons. The van der Waals surface area contributed by atoms with E-state index in [4.69, 9.17) is 9.52 Å². The third kappa shape index (κ3) is 3.07. The number of hydrogen-bond donors (Lipinski definition) is 1. The summed E-state index contributed by atoms with van der Waals surface area (Å²) in [5.41, 5.74) is -0.353. The molecule has 0 atom stereocenters. The first-order valence-corrected chi connectivity index (χ1v) is 5.93. The van der Waals surface area contributed by atoms with Crippen LogP contribution in [0.2, 0.25) is 0 Å². The predicted molar refractivity (Wildman–Crippen MR) is 69.8 cm³/mol. The number of urea groups is 1. The lowest BCUT2D eigenvalue weighted by atomic mass is 10.0. The van der Waals surface area contributed by atoms with E-state index in [1.807, 2.05) is 6.92 Å². The van der Waals surface area contributed by atoms with Crippen molar-refractivity contribution in [2.75, 3.05) is 14.1 Å². The molecule has 6 heteroatoms. The van der Waals surface area contributed by atoms with Crippen molar-refractivity contribution in [3.63, 3.8) is 0 Å². The molecule has 0 bridgehead atoms. The maximum absolute atomic E-state index is 12.2. The highest BCUT2D eigenvalue weighted by Crippen LogP contribution is 2.17. The van der Waals surface area contributed by atoms with Crippen LogP contribution in [0.4, 0.5) is 4.79 Å². The van der Waals surface area contributed by atoms with Gasteiger partial charge in [0.05, 0.1) is 12.8 Å². The molecule has 1 N–H and O–H groups in total. The Labute approximate surface area is 112 Å². The minimum Gasteiger partial charge on any atom is -0.480 e. The quantitative estimate of drug-likeness (QED) is 0.905. The van der Waals surface area contributed by atoms with E-state index in [9.17, 15) is 9.59 Å². The lowest BCUT2D eigenvalue weighted by Gasteiger charge is -2.34. The van der Waals surface area contributed by atoms with Crippen molar-refractivity contribution < 1.29 is 19.1 Å². The molecule has 1 rings (SSSR count). The largest absolute Gasteiger partial charge is 0.480 e. The molecule has 1 aromatic heterocycles. The first-order chi connectivity index (χ1) is 8.67. The Bertz CT molecular complexity index is 479. The van der Waals surface area contributed by atoms with Gasteiger partial charge in [0.15, 0.2) is 0 Å². The van der Waals surface area contributed by atoms with Gasteiger partial charge in [0.25, 0.3) is 0 Å². The van der Waals surface area contributed by atoms with Crippen molar-refractivity contribution in [2.45, 2.75) is 32.9 Å². The summed E-state index contributed by atoms with van der Waals surface area (Å²) in [7, 11) is 3.11. The number of hydrogen-bond acceptors (Lipinski definition) is 3. The zero-order valence-corrected chi connectivity index (χ0v) is 11.9. The van der Waals surface area contributed by atoms with Crippen LogP contribution in [0.15, 0.2) is 16.7 Å². The Morgan fingerprint density at radius 1 is 1.37 bits per heavy atom. The molecule has 0 aliphatic heterocycles. The van der Waals surface area contributed by atoms with Crippen molar-refractivity contribution in [2.24, 2.45) is 0 Å². The maximum atomic E-state index is 12.2. The first kappa shape index (κ1) is 15.1. The number of likely N-dealkylation sites (N-methyl/N-ethyl adjacent to an activating group) is 1. The van der Waals surface area contributed by atoms with Gasteiger partial charge in [-0.25, -0.2) is 9.59 Å². The summed E-state index contributed by atoms with van der Waals surface area (Å²) >= 11 is 0. The highest BCUT2D eigenvalue weighted by molar-refractivity contribution is 5.85. The Balaban J connectivity index is 2.78. The fraction of sp³-hybridized carbons (Fsp3) is 0.538. The fourth-order valence-corrected chi connectivity index (χ4v) is 1.54. The van der Waals surface area contributed by atoms with Gasteiger partial charge >= 0.3 is 12.0 Å². The first-order valence-electron chi connectivity index (χ1n) is 5.93. The third-order valence-electron chi connectivity index (χ3n) is 3.35. The van der Waals surface area contributed by atoms with E-state index in [0.29, 0.717) is 6.54 Å². The van der Waals surface area contributed by atoms with Crippen LogP contribution >= 0.6 is 0 Å². The molecule has 0 saturated heterocycles. The minimum atomic E-state index is -1.25. The molecule has 0 aliphatic carbocycles. The maximum Gasteiger partial charge on any atom is 0.329 e. The molecule has 106 valence electrons. The second-order valence-corrected chi connectivity index (χ2v) is 5.06. The van der Waals surface area contributed by atoms with E-state index >= 15 is 0 Å². The predicted octanol–water partition coefficient (Wildman–Crippen LogP) is 1.93. The SMILES string of the molecule is Cc1occc1CN(C)C(=O)N(C)C(C)(C)C(=O)O. The third-order valence-corrected chi connectivity index (χ3v) is 3.35. The van der Waals surface area contributed by atoms with Crippen LogP contribution in [-0.2, 0) is 11.3 Å². The summed E-state index contributed by atoms with van der Waals surface area (Å²) < 4.78 is 5.17. The number of amides is 2. The van der Waals surface area contributed by atoms with Crippen LogP contribution in [0.3, 0.4) is 0 Å². The van der Waals surface area contributed by atoms with Gasteiger partial charge in [-0.15, -0.1) is 0 Å². The van der Waals surface area contributed by atoms with E-state index in [2.05, 4.69) is 0 Å². The van der Waals surface area contributed by atoms with Crippen LogP contribution in [0, 0.1) is 6.92 Å². The Hall–Kier alpha value is -1.98. The molecule has 6 nitrogen and oxygen atoms in total. The molecule has 0 aliphatic rings. The van der Waals surface area contributed by atoms with Crippen molar-refractivity contribution in [3.8, 4) is 0 Å². The van der Waals surface area contributed by atoms with E-state index in [1.165, 1.54) is 30.7 Å². The normalized spacial score (nSPS) is 11.2. The van der Waals surface area contributed by atoms with E-state index in [-0.39, 0.29) is 6.03 Å². The summed E-state index contributed by atoms with van der Waals surface area (Å²) in [5.74, 6) is -0.295. The topological polar surface area (TPSA) is 74.0 Å². The lowest BCUT2D eigenvalue weighted by Crippen LogP contribution is -2.54. The van der Waals surface area contributed by atoms with Crippen LogP contribution in [0.1, 0.15) is 25.2 Å². The number of carboxylic acids is 1. The summed E-state index contributed by atoms with van der Waals surface area (Å²) in [6.07, 6.45) is 1.56. The molecule has 0 saturated carbocycles. The molecule has 0 fully saturated rings. The van der Waals surface area contributed by atoms with Crippen LogP contribution in [0.5, 0.6) is 0 Å². The lowest BCUT2D eigenvalue weighted by molar-refractivity contribution is -0.147. The number of carboxylic acid groups (broad SMARTS) is 1. The van der Waals surface area contributed by atoms with Crippen LogP contribution in [0.25, 0.3) is 0 Å². The Morgan fingerprint density at radius 2 is 1.95 bits per heavy atom. The van der Waals surface area contributed by atoms with Crippen molar-refractivity contribution in [1.29, 1.82) is 0 Å². The number of aliphatic carboxylic acids is 1. The average molecular weight is 268 g/mol. The van der Waals surface area contributed by atoms with Crippen molar-refractivity contribution >= 4 is 12.0 Å². The number of furan rings is 1. The Kier molecular flexibility index (Phi) is 4.24. The average Bonchev–Trinajstić information content (AvgIpc) is 2.72. The fourth-order valence-electron chi connectivity index (χ4n) is 1.54. The molecule has 0 aromatic carbocycles. The molecule has 0 unspecified atom stereocenters. The summed E-state index contributed by atoms with van der Waals surface area (Å²) in [4.78, 5) is 26.0. The molecule has 1 aromatic rings. The minimum absolute atomic E-state index is 0.354. The van der Waals surface area contributed by atoms with Gasteiger partial charge in [-0.05, 0) is 26.8 Å². The van der Waals surface area contributed by atoms with E-state index < -0.39 is 11.5 Å². The van der Waals surface area contributed by atoms with Gasteiger partial charge in [0.2, 0.25) is 0 Å². The zero-order chi connectivity index (χ0) is 14.8. The van der Waals surface area contributed by atoms with Crippen LogP contribution < -0.4 is 0 Å². The highest BCUT2D eigenvalue weighted by atomic mass is 16.4. The monoisotopic (exact) mass is 268 g/mol. The van der Waals surface area contributed by atoms with E-state index in [1.54, 1.807) is 19.4 Å². The second-order valence-electron chi connectivity index (χ2n) is 5.06. The molecular formula is C13H20N2O4. The highest BCUT2D eigenvalue weighted by Gasteiger charge is 2.36. The van der Waals surface area contributed by atoms with Gasteiger partial charge in [-0.3, -0.25) is 0 Å². The number of rotatable bonds is 4. The molecule has 1 heterocycles. The number of carbonyl (C=O) groups excluding carboxylic acids is 1. The van der Waals surface area contributed by atoms with Crippen molar-refractivity contribution in [1.82, 2.24) is 9.80 Å². The second kappa shape index (κ2) is 5.34.